The highest BCUT2D eigenvalue weighted by atomic mass is 19.2. The number of aliphatic imine (C=N–C) groups is 2. The molecule has 5 nitrogen and oxygen atoms in total. The van der Waals surface area contributed by atoms with Crippen LogP contribution in [-0.2, 0) is 6.50 Å². The molecule has 0 bridgehead atoms. The Balaban J connectivity index is 2.07. The van der Waals surface area contributed by atoms with Gasteiger partial charge < -0.3 is 4.90 Å². The van der Waals surface area contributed by atoms with Gasteiger partial charge in [0.05, 0.1) is 9.24 Å². The third-order valence-electron chi connectivity index (χ3n) is 2.69. The zero-order chi connectivity index (χ0) is 16.6. The Kier molecular flexibility index (Phi) is 2.84. The maximum Gasteiger partial charge on any atom is 0.229 e. The molecule has 1 aliphatic heterocycles. The van der Waals surface area contributed by atoms with E-state index in [0.29, 0.717) is 12.1 Å². The van der Waals surface area contributed by atoms with Crippen molar-refractivity contribution in [3.8, 4) is 0 Å². The molecule has 2 heterocycles. The second-order valence-electron chi connectivity index (χ2n) is 4.11. The molecule has 0 amide bonds. The van der Waals surface area contributed by atoms with Gasteiger partial charge >= 0.3 is 0 Å². The highest BCUT2D eigenvalue weighted by Gasteiger charge is 2.19. The van der Waals surface area contributed by atoms with Crippen molar-refractivity contribution < 1.29 is 15.9 Å². The van der Waals surface area contributed by atoms with Gasteiger partial charge in [-0.15, -0.1) is 0 Å². The normalized spacial score (nSPS) is 16.5. The highest BCUT2D eigenvalue weighted by Crippen LogP contribution is 2.16. The SMILES string of the molecule is [2H]C([2H])(c1cc(F)c(F)cc1F)N1CN=CN=C1n1cccn1. The average molecular weight is 295 g/mol. The van der Waals surface area contributed by atoms with Crippen LogP contribution in [0, 0.1) is 17.5 Å². The molecule has 8 heteroatoms. The molecule has 0 atom stereocenters. The first-order valence-electron chi connectivity index (χ1n) is 6.90. The largest absolute Gasteiger partial charge is 0.317 e. The standard InChI is InChI=1S/C13H10F3N5/c14-10-5-12(16)11(15)4-9(10)6-20-8-17-7-18-13(20)21-3-1-2-19-21/h1-5,7H,6,8H2/i6D2. The lowest BCUT2D eigenvalue weighted by molar-refractivity contribution is 0.391. The van der Waals surface area contributed by atoms with Crippen molar-refractivity contribution >= 4 is 12.3 Å². The van der Waals surface area contributed by atoms with Crippen molar-refractivity contribution in [1.29, 1.82) is 0 Å². The molecule has 108 valence electrons. The summed E-state index contributed by atoms with van der Waals surface area (Å²) < 4.78 is 58.1. The molecule has 0 saturated carbocycles. The summed E-state index contributed by atoms with van der Waals surface area (Å²) in [5.41, 5.74) is -0.659. The number of hydrogen-bond donors (Lipinski definition) is 0. The predicted octanol–water partition coefficient (Wildman–Crippen LogP) is 2.01. The van der Waals surface area contributed by atoms with Gasteiger partial charge in [-0.3, -0.25) is 4.99 Å². The van der Waals surface area contributed by atoms with Crippen LogP contribution in [-0.4, -0.2) is 33.6 Å². The smallest absolute Gasteiger partial charge is 0.229 e. The van der Waals surface area contributed by atoms with Crippen molar-refractivity contribution in [2.75, 3.05) is 6.67 Å². The van der Waals surface area contributed by atoms with Gasteiger partial charge in [-0.25, -0.2) is 22.8 Å². The van der Waals surface area contributed by atoms with Gasteiger partial charge in [-0.05, 0) is 12.1 Å². The number of aromatic nitrogens is 2. The summed E-state index contributed by atoms with van der Waals surface area (Å²) >= 11 is 0. The molecule has 1 aromatic heterocycles. The molecule has 0 radical (unpaired) electrons. The summed E-state index contributed by atoms with van der Waals surface area (Å²) in [5.74, 6) is -3.90. The van der Waals surface area contributed by atoms with Gasteiger partial charge in [0.1, 0.15) is 18.8 Å². The minimum atomic E-state index is -2.53. The summed E-state index contributed by atoms with van der Waals surface area (Å²) in [5, 5.41) is 3.94. The number of benzene rings is 1. The van der Waals surface area contributed by atoms with E-state index in [1.54, 1.807) is 6.07 Å². The molecule has 21 heavy (non-hydrogen) atoms. The molecule has 0 saturated heterocycles. The summed E-state index contributed by atoms with van der Waals surface area (Å²) in [6, 6.07) is 2.39. The number of nitrogens with zero attached hydrogens (tertiary/aromatic N) is 5. The number of halogens is 3. The van der Waals surface area contributed by atoms with Crippen LogP contribution in [0.3, 0.4) is 0 Å². The Morgan fingerprint density at radius 2 is 2.00 bits per heavy atom. The molecule has 0 fully saturated rings. The van der Waals surface area contributed by atoms with E-state index in [1.807, 2.05) is 0 Å². The van der Waals surface area contributed by atoms with E-state index in [1.165, 1.54) is 23.4 Å². The summed E-state index contributed by atoms with van der Waals surface area (Å²) in [7, 11) is 0. The quantitative estimate of drug-likeness (QED) is 0.796. The zero-order valence-corrected chi connectivity index (χ0v) is 10.5. The van der Waals surface area contributed by atoms with E-state index in [0.717, 1.165) is 4.90 Å². The van der Waals surface area contributed by atoms with Crippen LogP contribution in [0.4, 0.5) is 13.2 Å². The average Bonchev–Trinajstić information content (AvgIpc) is 3.05. The van der Waals surface area contributed by atoms with Crippen LogP contribution in [0.5, 0.6) is 0 Å². The lowest BCUT2D eigenvalue weighted by Crippen LogP contribution is -2.38. The second kappa shape index (κ2) is 5.39. The molecule has 0 N–H and O–H groups in total. The van der Waals surface area contributed by atoms with E-state index in [9.17, 15) is 13.2 Å². The topological polar surface area (TPSA) is 45.8 Å². The van der Waals surface area contributed by atoms with Gasteiger partial charge in [0.25, 0.3) is 0 Å². The maximum absolute atomic E-state index is 14.0. The fourth-order valence-corrected chi connectivity index (χ4v) is 1.75. The van der Waals surface area contributed by atoms with Crippen LogP contribution >= 0.6 is 0 Å². The Hall–Kier alpha value is -2.64. The highest BCUT2D eigenvalue weighted by molar-refractivity contribution is 5.89. The lowest BCUT2D eigenvalue weighted by Gasteiger charge is -2.25. The van der Waals surface area contributed by atoms with Crippen LogP contribution in [0.1, 0.15) is 8.30 Å². The van der Waals surface area contributed by atoms with Gasteiger partial charge in [-0.2, -0.15) is 5.10 Å². The Morgan fingerprint density at radius 1 is 1.19 bits per heavy atom. The van der Waals surface area contributed by atoms with Crippen molar-refractivity contribution in [3.63, 3.8) is 0 Å². The molecule has 0 spiro atoms. The van der Waals surface area contributed by atoms with E-state index < -0.39 is 29.5 Å². The number of rotatable bonds is 2. The minimum Gasteiger partial charge on any atom is -0.317 e. The monoisotopic (exact) mass is 295 g/mol. The molecule has 0 unspecified atom stereocenters. The van der Waals surface area contributed by atoms with Crippen molar-refractivity contribution in [2.24, 2.45) is 9.98 Å². The first kappa shape index (κ1) is 11.1. The predicted molar refractivity (Wildman–Crippen MR) is 70.3 cm³/mol. The molecule has 0 aliphatic carbocycles. The molecular formula is C13H10F3N5. The Bertz CT molecular complexity index is 789. The van der Waals surface area contributed by atoms with Crippen LogP contribution in [0.2, 0.25) is 0 Å². The van der Waals surface area contributed by atoms with Gasteiger partial charge in [0.2, 0.25) is 5.96 Å². The van der Waals surface area contributed by atoms with Crippen molar-refractivity contribution in [3.05, 3.63) is 53.6 Å². The first-order chi connectivity index (χ1) is 10.9. The lowest BCUT2D eigenvalue weighted by atomic mass is 10.2. The van der Waals surface area contributed by atoms with E-state index in [-0.39, 0.29) is 12.6 Å². The number of hydrogen-bond acceptors (Lipinski definition) is 4. The third kappa shape index (κ3) is 2.64. The first-order valence-corrected chi connectivity index (χ1v) is 5.90. The fraction of sp³-hybridized carbons (Fsp3) is 0.154. The van der Waals surface area contributed by atoms with Crippen LogP contribution in [0.15, 0.2) is 40.6 Å². The van der Waals surface area contributed by atoms with Crippen molar-refractivity contribution in [2.45, 2.75) is 6.50 Å². The van der Waals surface area contributed by atoms with E-state index >= 15 is 0 Å². The van der Waals surface area contributed by atoms with E-state index in [2.05, 4.69) is 15.1 Å². The van der Waals surface area contributed by atoms with Gasteiger partial charge in [0.15, 0.2) is 11.6 Å². The maximum atomic E-state index is 14.0. The molecule has 3 rings (SSSR count). The minimum absolute atomic E-state index is 0.0409. The molecular weight excluding hydrogens is 283 g/mol. The molecule has 2 aromatic rings. The summed E-state index contributed by atoms with van der Waals surface area (Å²) in [4.78, 5) is 8.75. The van der Waals surface area contributed by atoms with E-state index in [4.69, 9.17) is 2.74 Å². The Labute approximate surface area is 120 Å². The molecule has 1 aliphatic rings. The summed E-state index contributed by atoms with van der Waals surface area (Å²) in [6.45, 7) is -2.72. The fourth-order valence-electron chi connectivity index (χ4n) is 1.75. The zero-order valence-electron chi connectivity index (χ0n) is 12.5. The summed E-state index contributed by atoms with van der Waals surface area (Å²) in [6.07, 6.45) is 4.19. The van der Waals surface area contributed by atoms with Gasteiger partial charge in [0, 0.05) is 24.0 Å². The van der Waals surface area contributed by atoms with Crippen molar-refractivity contribution in [1.82, 2.24) is 14.7 Å². The van der Waals surface area contributed by atoms with Gasteiger partial charge in [-0.1, -0.05) is 0 Å². The molecule has 1 aromatic carbocycles. The Morgan fingerprint density at radius 3 is 2.76 bits per heavy atom. The second-order valence-corrected chi connectivity index (χ2v) is 4.11. The van der Waals surface area contributed by atoms with Crippen LogP contribution in [0.25, 0.3) is 0 Å². The van der Waals surface area contributed by atoms with Crippen LogP contribution < -0.4 is 0 Å². The third-order valence-corrected chi connectivity index (χ3v) is 2.69.